The maximum atomic E-state index is 13.3. The lowest BCUT2D eigenvalue weighted by Gasteiger charge is -2.27. The maximum absolute atomic E-state index is 13.3. The number of phenolic OH excluding ortho intramolecular Hbond substituents is 1. The molecule has 170 valence electrons. The fourth-order valence-corrected chi connectivity index (χ4v) is 5.16. The molecule has 0 saturated carbocycles. The minimum atomic E-state index is -1.83. The average molecular weight is 460 g/mol. The van der Waals surface area contributed by atoms with Gasteiger partial charge in [-0.3, -0.25) is 24.0 Å². The van der Waals surface area contributed by atoms with Crippen LogP contribution in [-0.2, 0) is 24.2 Å². The summed E-state index contributed by atoms with van der Waals surface area (Å²) in [4.78, 5) is 43.9. The predicted molar refractivity (Wildman–Crippen MR) is 122 cm³/mol. The number of phenols is 1. The summed E-state index contributed by atoms with van der Waals surface area (Å²) in [6.07, 6.45) is 1.82. The predicted octanol–water partition coefficient (Wildman–Crippen LogP) is 3.26. The number of nitrogens with zero attached hydrogens (tertiary/aromatic N) is 1. The smallest absolute Gasteiger partial charge is 0.261 e. The Hall–Kier alpha value is -3.08. The van der Waals surface area contributed by atoms with E-state index in [1.807, 2.05) is 6.26 Å². The summed E-state index contributed by atoms with van der Waals surface area (Å²) in [6.45, 7) is 5.36. The van der Waals surface area contributed by atoms with Crippen molar-refractivity contribution in [2.75, 3.05) is 28.8 Å². The number of nitrogens with one attached hydrogen (secondary N) is 2. The van der Waals surface area contributed by atoms with E-state index in [2.05, 4.69) is 10.0 Å². The number of amides is 3. The van der Waals surface area contributed by atoms with E-state index in [1.54, 1.807) is 44.2 Å². The van der Waals surface area contributed by atoms with Crippen LogP contribution in [0.15, 0.2) is 36.4 Å². The number of carbonyl (C=O) groups excluding carboxylic acids is 3. The molecule has 0 radical (unpaired) electrons. The Morgan fingerprint density at radius 3 is 2.56 bits per heavy atom. The molecule has 1 unspecified atom stereocenters. The molecular weight excluding hydrogens is 434 g/mol. The molecule has 2 aromatic carbocycles. The van der Waals surface area contributed by atoms with Crippen molar-refractivity contribution in [1.82, 2.24) is 4.72 Å². The number of aromatic hydroxyl groups is 1. The van der Waals surface area contributed by atoms with Crippen LogP contribution in [0, 0.1) is 0 Å². The Balaban J connectivity index is 1.68. The lowest BCUT2D eigenvalue weighted by molar-refractivity contribution is -0.173. The third kappa shape index (κ3) is 3.81. The van der Waals surface area contributed by atoms with E-state index in [0.717, 1.165) is 0 Å². The zero-order valence-corrected chi connectivity index (χ0v) is 19.0. The number of hydrogen-bond donors (Lipinski definition) is 3. The van der Waals surface area contributed by atoms with E-state index in [-0.39, 0.29) is 29.2 Å². The van der Waals surface area contributed by atoms with Crippen molar-refractivity contribution in [3.63, 3.8) is 0 Å². The molecule has 10 heteroatoms. The van der Waals surface area contributed by atoms with E-state index >= 15 is 0 Å². The van der Waals surface area contributed by atoms with Gasteiger partial charge in [0.1, 0.15) is 5.75 Å². The van der Waals surface area contributed by atoms with Gasteiger partial charge in [-0.05, 0) is 60.2 Å². The van der Waals surface area contributed by atoms with E-state index in [0.29, 0.717) is 34.9 Å². The summed E-state index contributed by atoms with van der Waals surface area (Å²) in [5.41, 5.74) is 1.57. The summed E-state index contributed by atoms with van der Waals surface area (Å²) in [6, 6.07) is 9.71. The van der Waals surface area contributed by atoms with Crippen LogP contribution in [0.2, 0.25) is 0 Å². The summed E-state index contributed by atoms with van der Waals surface area (Å²) in [5.74, 6) is -0.341. The van der Waals surface area contributed by atoms with Gasteiger partial charge in [0.05, 0.1) is 29.1 Å². The molecule has 32 heavy (non-hydrogen) atoms. The highest BCUT2D eigenvalue weighted by Crippen LogP contribution is 2.48. The maximum Gasteiger partial charge on any atom is 0.261 e. The molecule has 3 N–H and O–H groups in total. The fourth-order valence-electron chi connectivity index (χ4n) is 3.78. The fraction of sp³-hybridized carbons (Fsp3) is 0.318. The lowest BCUT2D eigenvalue weighted by atomic mass is 9.85. The Morgan fingerprint density at radius 2 is 1.94 bits per heavy atom. The number of rotatable bonds is 4. The van der Waals surface area contributed by atoms with Gasteiger partial charge in [0.15, 0.2) is 0 Å². The quantitative estimate of drug-likeness (QED) is 0.477. The first-order valence-corrected chi connectivity index (χ1v) is 12.1. The molecule has 0 aromatic heterocycles. The van der Waals surface area contributed by atoms with Crippen molar-refractivity contribution < 1.29 is 28.7 Å². The van der Waals surface area contributed by atoms with Gasteiger partial charge in [0, 0.05) is 30.6 Å². The number of hydrogen-bond acceptors (Lipinski definition) is 6. The van der Waals surface area contributed by atoms with Crippen molar-refractivity contribution in [2.24, 2.45) is 0 Å². The van der Waals surface area contributed by atoms with Gasteiger partial charge in [-0.25, -0.2) is 4.89 Å². The van der Waals surface area contributed by atoms with Crippen LogP contribution < -0.4 is 14.9 Å². The van der Waals surface area contributed by atoms with Crippen molar-refractivity contribution in [3.05, 3.63) is 47.5 Å². The summed E-state index contributed by atoms with van der Waals surface area (Å²) < 4.78 is 8.15. The highest BCUT2D eigenvalue weighted by molar-refractivity contribution is 8.28. The summed E-state index contributed by atoms with van der Waals surface area (Å²) in [5, 5.41) is 12.9. The Morgan fingerprint density at radius 1 is 1.19 bits per heavy atom. The molecule has 0 aliphatic carbocycles. The van der Waals surface area contributed by atoms with E-state index in [1.165, 1.54) is 17.9 Å². The standard InChI is InChI=1S/C22H25N3O6S/c1-13(26)23-17-7-6-15(12-19(17)27)25-18-8-5-14(11-16(18)22(2,3)21(25)29)20(28)24-32(4)10-9-30-31-32/h5-8,11-12,27H,9-10H2,1-4H3,(H,23,26)(H,24,28). The average Bonchev–Trinajstić information content (AvgIpc) is 3.23. The first kappa shape index (κ1) is 22.1. The molecule has 2 aliphatic rings. The normalized spacial score (nSPS) is 23.4. The molecule has 3 amide bonds. The van der Waals surface area contributed by atoms with Crippen molar-refractivity contribution in [1.29, 1.82) is 0 Å². The second-order valence-corrected chi connectivity index (χ2v) is 11.2. The lowest BCUT2D eigenvalue weighted by Crippen LogP contribution is -2.33. The van der Waals surface area contributed by atoms with E-state index in [9.17, 15) is 19.5 Å². The molecule has 0 spiro atoms. The van der Waals surface area contributed by atoms with E-state index in [4.69, 9.17) is 9.22 Å². The first-order chi connectivity index (χ1) is 15.0. The van der Waals surface area contributed by atoms with Gasteiger partial charge in [0.25, 0.3) is 5.91 Å². The molecule has 1 atom stereocenters. The highest BCUT2D eigenvalue weighted by Gasteiger charge is 2.45. The third-order valence-electron chi connectivity index (χ3n) is 5.52. The van der Waals surface area contributed by atoms with Crippen LogP contribution in [0.1, 0.15) is 36.7 Å². The zero-order chi connectivity index (χ0) is 23.3. The van der Waals surface area contributed by atoms with Crippen LogP contribution in [0.4, 0.5) is 17.1 Å². The molecule has 4 rings (SSSR count). The molecule has 1 saturated heterocycles. The topological polar surface area (TPSA) is 117 Å². The molecule has 1 fully saturated rings. The van der Waals surface area contributed by atoms with Crippen LogP contribution in [0.3, 0.4) is 0 Å². The minimum absolute atomic E-state index is 0.150. The molecule has 0 bridgehead atoms. The second kappa shape index (κ2) is 7.80. The van der Waals surface area contributed by atoms with Gasteiger partial charge in [-0.15, -0.1) is 0 Å². The van der Waals surface area contributed by atoms with Gasteiger partial charge in [-0.2, -0.15) is 4.33 Å². The van der Waals surface area contributed by atoms with Crippen LogP contribution in [0.5, 0.6) is 5.75 Å². The van der Waals surface area contributed by atoms with Gasteiger partial charge >= 0.3 is 0 Å². The highest BCUT2D eigenvalue weighted by atomic mass is 32.3. The first-order valence-electron chi connectivity index (χ1n) is 10.0. The van der Waals surface area contributed by atoms with Crippen LogP contribution in [-0.4, -0.2) is 41.4 Å². The number of fused-ring (bicyclic) bond motifs is 1. The third-order valence-corrected chi connectivity index (χ3v) is 7.48. The van der Waals surface area contributed by atoms with Crippen molar-refractivity contribution in [3.8, 4) is 5.75 Å². The molecule has 2 aromatic rings. The summed E-state index contributed by atoms with van der Waals surface area (Å²) >= 11 is 0. The number of carbonyl (C=O) groups is 3. The van der Waals surface area contributed by atoms with E-state index < -0.39 is 15.9 Å². The molecule has 2 aliphatic heterocycles. The SMILES string of the molecule is CC(=O)Nc1ccc(N2C(=O)C(C)(C)c3cc(C(=O)NS4(C)CCOO4)ccc32)cc1O. The monoisotopic (exact) mass is 459 g/mol. The molecular formula is C22H25N3O6S. The van der Waals surface area contributed by atoms with Crippen molar-refractivity contribution >= 4 is 45.3 Å². The Labute approximate surface area is 187 Å². The van der Waals surface area contributed by atoms with Crippen LogP contribution in [0.25, 0.3) is 0 Å². The second-order valence-electron chi connectivity index (χ2n) is 8.41. The van der Waals surface area contributed by atoms with Crippen LogP contribution >= 0.6 is 10.5 Å². The van der Waals surface area contributed by atoms with Crippen molar-refractivity contribution in [2.45, 2.75) is 26.2 Å². The Bertz CT molecular complexity index is 1130. The largest absolute Gasteiger partial charge is 0.506 e. The Kier molecular flexibility index (Phi) is 5.40. The minimum Gasteiger partial charge on any atom is -0.506 e. The zero-order valence-electron chi connectivity index (χ0n) is 18.2. The number of anilines is 3. The van der Waals surface area contributed by atoms with Gasteiger partial charge in [-0.1, -0.05) is 0 Å². The summed E-state index contributed by atoms with van der Waals surface area (Å²) in [7, 11) is -1.83. The molecule has 9 nitrogen and oxygen atoms in total. The molecule has 2 heterocycles. The number of benzene rings is 2. The van der Waals surface area contributed by atoms with Gasteiger partial charge in [0.2, 0.25) is 11.8 Å². The van der Waals surface area contributed by atoms with Gasteiger partial charge < -0.3 is 10.4 Å².